The van der Waals surface area contributed by atoms with Crippen LogP contribution in [0.3, 0.4) is 0 Å². The fourth-order valence-corrected chi connectivity index (χ4v) is 1.69. The second-order valence-corrected chi connectivity index (χ2v) is 3.93. The Morgan fingerprint density at radius 2 is 2.28 bits per heavy atom. The fourth-order valence-electron chi connectivity index (χ4n) is 1.69. The first-order valence-electron chi connectivity index (χ1n) is 5.86. The smallest absolute Gasteiger partial charge is 0.165 e. The lowest BCUT2D eigenvalue weighted by Crippen LogP contribution is -2.04. The molecular formula is C13H16FN3O. The van der Waals surface area contributed by atoms with Crippen LogP contribution in [0.15, 0.2) is 30.6 Å². The standard InChI is InChI=1S/C13H16FN3O/c1-2-17-8-10(7-16-17)9-18-13-11(6-15)4-3-5-12(13)14/h3-5,7-8H,2,6,9,15H2,1H3. The van der Waals surface area contributed by atoms with Gasteiger partial charge in [-0.1, -0.05) is 12.1 Å². The van der Waals surface area contributed by atoms with Crippen LogP contribution < -0.4 is 10.5 Å². The van der Waals surface area contributed by atoms with Gasteiger partial charge in [0, 0.05) is 30.4 Å². The maximum Gasteiger partial charge on any atom is 0.165 e. The summed E-state index contributed by atoms with van der Waals surface area (Å²) in [5, 5.41) is 4.13. The summed E-state index contributed by atoms with van der Waals surface area (Å²) in [5.41, 5.74) is 7.12. The molecule has 0 aliphatic heterocycles. The van der Waals surface area contributed by atoms with Crippen molar-refractivity contribution in [3.8, 4) is 5.75 Å². The summed E-state index contributed by atoms with van der Waals surface area (Å²) in [4.78, 5) is 0. The van der Waals surface area contributed by atoms with E-state index in [2.05, 4.69) is 5.10 Å². The molecule has 0 unspecified atom stereocenters. The minimum atomic E-state index is -0.388. The molecule has 96 valence electrons. The van der Waals surface area contributed by atoms with Crippen LogP contribution in [0.5, 0.6) is 5.75 Å². The Hall–Kier alpha value is -1.88. The second-order valence-electron chi connectivity index (χ2n) is 3.93. The van der Waals surface area contributed by atoms with Crippen LogP contribution >= 0.6 is 0 Å². The van der Waals surface area contributed by atoms with Crippen molar-refractivity contribution in [2.75, 3.05) is 0 Å². The number of aryl methyl sites for hydroxylation is 1. The maximum absolute atomic E-state index is 13.6. The van der Waals surface area contributed by atoms with Gasteiger partial charge in [-0.05, 0) is 13.0 Å². The first kappa shape index (κ1) is 12.6. The van der Waals surface area contributed by atoms with Gasteiger partial charge >= 0.3 is 0 Å². The van der Waals surface area contributed by atoms with Gasteiger partial charge in [-0.25, -0.2) is 4.39 Å². The van der Waals surface area contributed by atoms with Gasteiger partial charge in [0.2, 0.25) is 0 Å². The van der Waals surface area contributed by atoms with Crippen molar-refractivity contribution >= 4 is 0 Å². The molecule has 18 heavy (non-hydrogen) atoms. The molecule has 0 spiro atoms. The highest BCUT2D eigenvalue weighted by molar-refractivity contribution is 5.34. The Labute approximate surface area is 105 Å². The van der Waals surface area contributed by atoms with E-state index in [4.69, 9.17) is 10.5 Å². The SMILES string of the molecule is CCn1cc(COc2c(F)cccc2CN)cn1. The summed E-state index contributed by atoms with van der Waals surface area (Å²) in [6.07, 6.45) is 3.59. The van der Waals surface area contributed by atoms with Gasteiger partial charge in [0.15, 0.2) is 11.6 Å². The molecule has 1 aromatic carbocycles. The minimum absolute atomic E-state index is 0.226. The number of benzene rings is 1. The van der Waals surface area contributed by atoms with Crippen LogP contribution in [-0.4, -0.2) is 9.78 Å². The van der Waals surface area contributed by atoms with Crippen LogP contribution in [0.1, 0.15) is 18.1 Å². The highest BCUT2D eigenvalue weighted by Crippen LogP contribution is 2.23. The summed E-state index contributed by atoms with van der Waals surface area (Å²) < 4.78 is 20.9. The highest BCUT2D eigenvalue weighted by atomic mass is 19.1. The van der Waals surface area contributed by atoms with E-state index in [-0.39, 0.29) is 24.7 Å². The van der Waals surface area contributed by atoms with Gasteiger partial charge in [0.05, 0.1) is 6.20 Å². The van der Waals surface area contributed by atoms with Crippen LogP contribution in [0, 0.1) is 5.82 Å². The molecule has 0 atom stereocenters. The second kappa shape index (κ2) is 5.64. The predicted molar refractivity (Wildman–Crippen MR) is 66.5 cm³/mol. The van der Waals surface area contributed by atoms with E-state index in [1.807, 2.05) is 13.1 Å². The monoisotopic (exact) mass is 249 g/mol. The molecular weight excluding hydrogens is 233 g/mol. The van der Waals surface area contributed by atoms with Crippen molar-refractivity contribution in [1.82, 2.24) is 9.78 Å². The van der Waals surface area contributed by atoms with E-state index in [0.29, 0.717) is 5.56 Å². The van der Waals surface area contributed by atoms with Crippen LogP contribution in [-0.2, 0) is 19.7 Å². The van der Waals surface area contributed by atoms with Gasteiger partial charge in [-0.2, -0.15) is 5.10 Å². The largest absolute Gasteiger partial charge is 0.485 e. The lowest BCUT2D eigenvalue weighted by molar-refractivity contribution is 0.287. The zero-order valence-corrected chi connectivity index (χ0v) is 10.3. The molecule has 1 aromatic heterocycles. The summed E-state index contributed by atoms with van der Waals surface area (Å²) >= 11 is 0. The number of aromatic nitrogens is 2. The molecule has 0 saturated carbocycles. The molecule has 0 bridgehead atoms. The van der Waals surface area contributed by atoms with E-state index < -0.39 is 0 Å². The van der Waals surface area contributed by atoms with Gasteiger partial charge < -0.3 is 10.5 Å². The molecule has 0 aliphatic carbocycles. The van der Waals surface area contributed by atoms with Crippen molar-refractivity contribution in [3.05, 3.63) is 47.5 Å². The van der Waals surface area contributed by atoms with Crippen LogP contribution in [0.25, 0.3) is 0 Å². The fraction of sp³-hybridized carbons (Fsp3) is 0.308. The maximum atomic E-state index is 13.6. The van der Waals surface area contributed by atoms with E-state index in [0.717, 1.165) is 12.1 Å². The average molecular weight is 249 g/mol. The molecule has 0 fully saturated rings. The number of halogens is 1. The third-order valence-electron chi connectivity index (χ3n) is 2.66. The molecule has 0 aliphatic rings. The first-order valence-corrected chi connectivity index (χ1v) is 5.86. The number of hydrogen-bond donors (Lipinski definition) is 1. The van der Waals surface area contributed by atoms with Crippen molar-refractivity contribution in [3.63, 3.8) is 0 Å². The molecule has 2 aromatic rings. The quantitative estimate of drug-likeness (QED) is 0.882. The zero-order chi connectivity index (χ0) is 13.0. The summed E-state index contributed by atoms with van der Waals surface area (Å²) in [7, 11) is 0. The molecule has 1 heterocycles. The molecule has 5 heteroatoms. The van der Waals surface area contributed by atoms with Crippen molar-refractivity contribution in [2.45, 2.75) is 26.6 Å². The Bertz CT molecular complexity index is 525. The lowest BCUT2D eigenvalue weighted by Gasteiger charge is -2.10. The Morgan fingerprint density at radius 1 is 1.44 bits per heavy atom. The van der Waals surface area contributed by atoms with Gasteiger partial charge in [-0.15, -0.1) is 0 Å². The summed E-state index contributed by atoms with van der Waals surface area (Å²) in [6.45, 7) is 3.34. The highest BCUT2D eigenvalue weighted by Gasteiger charge is 2.09. The van der Waals surface area contributed by atoms with E-state index in [1.54, 1.807) is 23.0 Å². The third kappa shape index (κ3) is 2.68. The molecule has 0 amide bonds. The number of nitrogens with two attached hydrogens (primary N) is 1. The number of hydrogen-bond acceptors (Lipinski definition) is 3. The number of ether oxygens (including phenoxy) is 1. The molecule has 0 saturated heterocycles. The van der Waals surface area contributed by atoms with E-state index in [1.165, 1.54) is 6.07 Å². The van der Waals surface area contributed by atoms with Crippen LogP contribution in [0.4, 0.5) is 4.39 Å². The van der Waals surface area contributed by atoms with E-state index >= 15 is 0 Å². The number of para-hydroxylation sites is 1. The van der Waals surface area contributed by atoms with E-state index in [9.17, 15) is 4.39 Å². The van der Waals surface area contributed by atoms with Gasteiger partial charge in [0.25, 0.3) is 0 Å². The molecule has 2 N–H and O–H groups in total. The summed E-state index contributed by atoms with van der Waals surface area (Å²) in [5.74, 6) is -0.162. The van der Waals surface area contributed by atoms with Crippen LogP contribution in [0.2, 0.25) is 0 Å². The van der Waals surface area contributed by atoms with Crippen molar-refractivity contribution in [1.29, 1.82) is 0 Å². The predicted octanol–water partition coefficient (Wildman–Crippen LogP) is 2.08. The Kier molecular flexibility index (Phi) is 3.94. The van der Waals surface area contributed by atoms with Crippen molar-refractivity contribution in [2.24, 2.45) is 5.73 Å². The normalized spacial score (nSPS) is 10.6. The number of nitrogens with zero attached hydrogens (tertiary/aromatic N) is 2. The minimum Gasteiger partial charge on any atom is -0.485 e. The third-order valence-corrected chi connectivity index (χ3v) is 2.66. The van der Waals surface area contributed by atoms with Crippen molar-refractivity contribution < 1.29 is 9.13 Å². The first-order chi connectivity index (χ1) is 8.74. The molecule has 0 radical (unpaired) electrons. The number of rotatable bonds is 5. The molecule has 2 rings (SSSR count). The lowest BCUT2D eigenvalue weighted by atomic mass is 10.2. The van der Waals surface area contributed by atoms with Gasteiger partial charge in [-0.3, -0.25) is 4.68 Å². The molecule has 4 nitrogen and oxygen atoms in total. The Morgan fingerprint density at radius 3 is 2.94 bits per heavy atom. The topological polar surface area (TPSA) is 53.1 Å². The zero-order valence-electron chi connectivity index (χ0n) is 10.3. The van der Waals surface area contributed by atoms with Gasteiger partial charge in [0.1, 0.15) is 6.61 Å². The average Bonchev–Trinajstić information content (AvgIpc) is 2.85. The Balaban J connectivity index is 2.10. The summed E-state index contributed by atoms with van der Waals surface area (Å²) in [6, 6.07) is 4.75.